The molecule has 5 amide bonds. The Labute approximate surface area is 210 Å². The van der Waals surface area contributed by atoms with E-state index in [1.165, 1.54) is 0 Å². The van der Waals surface area contributed by atoms with Crippen LogP contribution in [0.3, 0.4) is 0 Å². The molecule has 0 aromatic heterocycles. The van der Waals surface area contributed by atoms with Gasteiger partial charge in [0.05, 0.1) is 22.6 Å². The number of likely N-dealkylation sites (tertiary alicyclic amines) is 1. The molecule has 1 unspecified atom stereocenters. The van der Waals surface area contributed by atoms with Gasteiger partial charge in [0.25, 0.3) is 5.91 Å². The molecule has 2 aromatic carbocycles. The number of nitrogens with one attached hydrogen (secondary N) is 2. The molecule has 36 heavy (non-hydrogen) atoms. The Balaban J connectivity index is 1.22. The molecule has 2 aromatic rings. The zero-order valence-electron chi connectivity index (χ0n) is 20.5. The Hall–Kier alpha value is -3.88. The number of para-hydroxylation sites is 3. The van der Waals surface area contributed by atoms with Crippen LogP contribution in [0.2, 0.25) is 0 Å². The lowest BCUT2D eigenvalue weighted by atomic mass is 9.98. The van der Waals surface area contributed by atoms with Gasteiger partial charge in [0.2, 0.25) is 11.8 Å². The zero-order chi connectivity index (χ0) is 25.3. The molecule has 5 rings (SSSR count). The number of urea groups is 1. The highest BCUT2D eigenvalue weighted by molar-refractivity contribution is 6.10. The number of amides is 5. The van der Waals surface area contributed by atoms with Crippen molar-refractivity contribution in [2.45, 2.75) is 51.1 Å². The van der Waals surface area contributed by atoms with Crippen LogP contribution in [0, 0.1) is 0 Å². The fourth-order valence-corrected chi connectivity index (χ4v) is 5.47. The minimum absolute atomic E-state index is 0.00720. The number of hydrogen-bond acceptors (Lipinski definition) is 4. The summed E-state index contributed by atoms with van der Waals surface area (Å²) >= 11 is 0. The fraction of sp³-hybridized carbons (Fsp3) is 0.407. The van der Waals surface area contributed by atoms with Gasteiger partial charge in [0, 0.05) is 32.5 Å². The quantitative estimate of drug-likeness (QED) is 0.640. The molecular formula is C27H31N5O4. The second-order valence-electron chi connectivity index (χ2n) is 9.74. The van der Waals surface area contributed by atoms with Gasteiger partial charge in [-0.3, -0.25) is 19.3 Å². The predicted octanol–water partition coefficient (Wildman–Crippen LogP) is 4.03. The van der Waals surface area contributed by atoms with Crippen LogP contribution in [-0.4, -0.2) is 58.8 Å². The first-order chi connectivity index (χ1) is 17.4. The van der Waals surface area contributed by atoms with Crippen molar-refractivity contribution in [2.75, 3.05) is 35.2 Å². The Kier molecular flexibility index (Phi) is 6.38. The van der Waals surface area contributed by atoms with E-state index in [0.717, 1.165) is 25.9 Å². The van der Waals surface area contributed by atoms with Crippen molar-refractivity contribution >= 4 is 40.8 Å². The molecule has 0 spiro atoms. The largest absolute Gasteiger partial charge is 0.325 e. The summed E-state index contributed by atoms with van der Waals surface area (Å²) in [5.41, 5.74) is 1.54. The third-order valence-corrected chi connectivity index (χ3v) is 7.37. The number of nitrogens with zero attached hydrogens (tertiary/aromatic N) is 3. The van der Waals surface area contributed by atoms with E-state index in [-0.39, 0.29) is 30.2 Å². The van der Waals surface area contributed by atoms with E-state index in [4.69, 9.17) is 0 Å². The van der Waals surface area contributed by atoms with Crippen molar-refractivity contribution in [3.8, 4) is 0 Å². The maximum atomic E-state index is 13.3. The number of anilines is 3. The van der Waals surface area contributed by atoms with Crippen molar-refractivity contribution in [2.24, 2.45) is 0 Å². The van der Waals surface area contributed by atoms with Gasteiger partial charge in [-0.1, -0.05) is 24.3 Å². The standard InChI is InChI=1S/C27H31N5O4/c1-27-15-14-24(34)32(27)22-12-5-2-9-19(22)25(35)31(27)18-8-13-23(33)28-20-10-3-4-11-21(20)29-26(36)30-16-6-7-17-30/h2-5,9-12H,6-8,13-18H2,1H3,(H,28,33)(H,29,36). The van der Waals surface area contributed by atoms with Crippen LogP contribution in [0.15, 0.2) is 48.5 Å². The molecule has 2 saturated heterocycles. The topological polar surface area (TPSA) is 102 Å². The second kappa shape index (κ2) is 9.64. The van der Waals surface area contributed by atoms with E-state index in [1.807, 2.05) is 25.1 Å². The summed E-state index contributed by atoms with van der Waals surface area (Å²) in [6.45, 7) is 3.75. The lowest BCUT2D eigenvalue weighted by Gasteiger charge is -2.48. The van der Waals surface area contributed by atoms with Gasteiger partial charge in [0.1, 0.15) is 5.66 Å². The summed E-state index contributed by atoms with van der Waals surface area (Å²) in [6, 6.07) is 14.2. The van der Waals surface area contributed by atoms with Gasteiger partial charge >= 0.3 is 6.03 Å². The highest BCUT2D eigenvalue weighted by Gasteiger charge is 2.52. The van der Waals surface area contributed by atoms with Crippen LogP contribution in [0.5, 0.6) is 0 Å². The van der Waals surface area contributed by atoms with E-state index in [0.29, 0.717) is 48.4 Å². The van der Waals surface area contributed by atoms with Crippen LogP contribution in [0.4, 0.5) is 21.9 Å². The zero-order valence-corrected chi connectivity index (χ0v) is 20.5. The molecule has 3 aliphatic rings. The van der Waals surface area contributed by atoms with E-state index >= 15 is 0 Å². The first-order valence-electron chi connectivity index (χ1n) is 12.6. The average molecular weight is 490 g/mol. The Morgan fingerprint density at radius 2 is 1.61 bits per heavy atom. The van der Waals surface area contributed by atoms with Gasteiger partial charge in [0.15, 0.2) is 0 Å². The first kappa shape index (κ1) is 23.8. The predicted molar refractivity (Wildman–Crippen MR) is 137 cm³/mol. The number of hydrogen-bond donors (Lipinski definition) is 2. The Morgan fingerprint density at radius 1 is 0.944 bits per heavy atom. The second-order valence-corrected chi connectivity index (χ2v) is 9.74. The summed E-state index contributed by atoms with van der Waals surface area (Å²) in [5, 5.41) is 5.79. The summed E-state index contributed by atoms with van der Waals surface area (Å²) < 4.78 is 0. The van der Waals surface area contributed by atoms with E-state index in [9.17, 15) is 19.2 Å². The highest BCUT2D eigenvalue weighted by atomic mass is 16.2. The minimum Gasteiger partial charge on any atom is -0.325 e. The molecule has 9 heteroatoms. The Bertz CT molecular complexity index is 1210. The molecule has 2 fully saturated rings. The van der Waals surface area contributed by atoms with Gasteiger partial charge < -0.3 is 20.4 Å². The highest BCUT2D eigenvalue weighted by Crippen LogP contribution is 2.44. The molecular weight excluding hydrogens is 458 g/mol. The van der Waals surface area contributed by atoms with E-state index in [2.05, 4.69) is 10.6 Å². The fourth-order valence-electron chi connectivity index (χ4n) is 5.47. The molecule has 1 atom stereocenters. The summed E-state index contributed by atoms with van der Waals surface area (Å²) in [7, 11) is 0. The lowest BCUT2D eigenvalue weighted by Crippen LogP contribution is -2.62. The number of fused-ring (bicyclic) bond motifs is 3. The third kappa shape index (κ3) is 4.29. The van der Waals surface area contributed by atoms with Crippen LogP contribution in [-0.2, 0) is 9.59 Å². The molecule has 188 valence electrons. The van der Waals surface area contributed by atoms with Crippen molar-refractivity contribution in [1.29, 1.82) is 0 Å². The molecule has 0 bridgehead atoms. The van der Waals surface area contributed by atoms with E-state index in [1.54, 1.807) is 45.0 Å². The maximum Gasteiger partial charge on any atom is 0.321 e. The van der Waals surface area contributed by atoms with Gasteiger partial charge in [-0.25, -0.2) is 4.79 Å². The smallest absolute Gasteiger partial charge is 0.321 e. The Morgan fingerprint density at radius 3 is 2.36 bits per heavy atom. The van der Waals surface area contributed by atoms with Gasteiger partial charge in [-0.05, 0) is 56.9 Å². The van der Waals surface area contributed by atoms with Gasteiger partial charge in [-0.15, -0.1) is 0 Å². The lowest BCUT2D eigenvalue weighted by molar-refractivity contribution is -0.118. The van der Waals surface area contributed by atoms with Crippen LogP contribution in [0.1, 0.15) is 55.8 Å². The van der Waals surface area contributed by atoms with Crippen LogP contribution < -0.4 is 15.5 Å². The van der Waals surface area contributed by atoms with E-state index < -0.39 is 5.66 Å². The van der Waals surface area contributed by atoms with Crippen LogP contribution in [0.25, 0.3) is 0 Å². The maximum absolute atomic E-state index is 13.3. The molecule has 9 nitrogen and oxygen atoms in total. The van der Waals surface area contributed by atoms with Crippen molar-refractivity contribution in [3.63, 3.8) is 0 Å². The van der Waals surface area contributed by atoms with Gasteiger partial charge in [-0.2, -0.15) is 0 Å². The molecule has 3 heterocycles. The minimum atomic E-state index is -0.731. The molecule has 3 aliphatic heterocycles. The van der Waals surface area contributed by atoms with Crippen LogP contribution >= 0.6 is 0 Å². The normalized spacial score (nSPS) is 20.9. The van der Waals surface area contributed by atoms with Crippen molar-refractivity contribution in [3.05, 3.63) is 54.1 Å². The molecule has 2 N–H and O–H groups in total. The van der Waals surface area contributed by atoms with Crippen molar-refractivity contribution < 1.29 is 19.2 Å². The summed E-state index contributed by atoms with van der Waals surface area (Å²) in [5.74, 6) is -0.311. The van der Waals surface area contributed by atoms with Crippen molar-refractivity contribution in [1.82, 2.24) is 9.80 Å². The summed E-state index contributed by atoms with van der Waals surface area (Å²) in [4.78, 5) is 56.6. The monoisotopic (exact) mass is 489 g/mol. The molecule has 0 aliphatic carbocycles. The number of rotatable bonds is 6. The first-order valence-corrected chi connectivity index (χ1v) is 12.6. The number of carbonyl (C=O) groups excluding carboxylic acids is 4. The molecule has 0 radical (unpaired) electrons. The number of benzene rings is 2. The average Bonchev–Trinajstić information content (AvgIpc) is 3.51. The SMILES string of the molecule is CC12CCC(=O)N1c1ccccc1C(=O)N2CCCC(=O)Nc1ccccc1NC(=O)N1CCCC1. The summed E-state index contributed by atoms with van der Waals surface area (Å²) in [6.07, 6.45) is 3.59. The third-order valence-electron chi connectivity index (χ3n) is 7.37. The molecule has 0 saturated carbocycles. The number of carbonyl (C=O) groups is 4.